The van der Waals surface area contributed by atoms with Gasteiger partial charge in [0, 0.05) is 10.7 Å². The maximum atomic E-state index is 12.6. The summed E-state index contributed by atoms with van der Waals surface area (Å²) in [6, 6.07) is 15.4. The van der Waals surface area contributed by atoms with E-state index in [1.54, 1.807) is 0 Å². The van der Waals surface area contributed by atoms with E-state index in [-0.39, 0.29) is 5.91 Å². The number of halogens is 1. The van der Waals surface area contributed by atoms with Crippen molar-refractivity contribution < 1.29 is 4.79 Å². The van der Waals surface area contributed by atoms with Gasteiger partial charge in [0.15, 0.2) is 0 Å². The topological polar surface area (TPSA) is 29.1 Å². The SMILES string of the molecule is Cc1ccccc1NC(=O)C1(c2cccc(Cl)c2)CC1. The zero-order chi connectivity index (χ0) is 14.2. The predicted octanol–water partition coefficient (Wildman–Crippen LogP) is 4.32. The quantitative estimate of drug-likeness (QED) is 0.894. The molecule has 102 valence electrons. The first-order valence-electron chi connectivity index (χ1n) is 6.75. The Kier molecular flexibility index (Phi) is 3.27. The molecule has 0 radical (unpaired) electrons. The van der Waals surface area contributed by atoms with Crippen LogP contribution in [0.3, 0.4) is 0 Å². The molecule has 1 amide bonds. The van der Waals surface area contributed by atoms with Crippen LogP contribution in [0.25, 0.3) is 0 Å². The normalized spacial score (nSPS) is 15.7. The second-order valence-electron chi connectivity index (χ2n) is 5.36. The number of hydrogen-bond donors (Lipinski definition) is 1. The highest BCUT2D eigenvalue weighted by atomic mass is 35.5. The van der Waals surface area contributed by atoms with E-state index < -0.39 is 5.41 Å². The van der Waals surface area contributed by atoms with Crippen molar-refractivity contribution in [2.45, 2.75) is 25.2 Å². The molecule has 3 heteroatoms. The second-order valence-corrected chi connectivity index (χ2v) is 5.80. The van der Waals surface area contributed by atoms with E-state index in [1.165, 1.54) is 0 Å². The second kappa shape index (κ2) is 4.95. The molecular formula is C17H16ClNO. The molecule has 3 rings (SSSR count). The third kappa shape index (κ3) is 2.32. The van der Waals surface area contributed by atoms with Crippen LogP contribution < -0.4 is 5.32 Å². The molecule has 0 atom stereocenters. The molecule has 0 heterocycles. The molecule has 20 heavy (non-hydrogen) atoms. The Labute approximate surface area is 123 Å². The number of benzene rings is 2. The maximum Gasteiger partial charge on any atom is 0.235 e. The van der Waals surface area contributed by atoms with Crippen molar-refractivity contribution in [3.63, 3.8) is 0 Å². The standard InChI is InChI=1S/C17H16ClNO/c1-12-5-2-3-8-15(12)19-16(20)17(9-10-17)13-6-4-7-14(18)11-13/h2-8,11H,9-10H2,1H3,(H,19,20). The van der Waals surface area contributed by atoms with Gasteiger partial charge < -0.3 is 5.32 Å². The van der Waals surface area contributed by atoms with Gasteiger partial charge in [0.1, 0.15) is 0 Å². The van der Waals surface area contributed by atoms with E-state index in [0.717, 1.165) is 29.7 Å². The van der Waals surface area contributed by atoms with Crippen LogP contribution in [-0.4, -0.2) is 5.91 Å². The minimum Gasteiger partial charge on any atom is -0.325 e. The third-order valence-corrected chi connectivity index (χ3v) is 4.19. The molecule has 0 saturated heterocycles. The van der Waals surface area contributed by atoms with Crippen LogP contribution in [0.15, 0.2) is 48.5 Å². The fraction of sp³-hybridized carbons (Fsp3) is 0.235. The predicted molar refractivity (Wildman–Crippen MR) is 82.2 cm³/mol. The van der Waals surface area contributed by atoms with Crippen LogP contribution in [0.1, 0.15) is 24.0 Å². The summed E-state index contributed by atoms with van der Waals surface area (Å²) in [5, 5.41) is 3.73. The number of carbonyl (C=O) groups excluding carboxylic acids is 1. The van der Waals surface area contributed by atoms with Crippen molar-refractivity contribution in [2.75, 3.05) is 5.32 Å². The van der Waals surface area contributed by atoms with Gasteiger partial charge in [-0.15, -0.1) is 0 Å². The minimum absolute atomic E-state index is 0.0640. The molecular weight excluding hydrogens is 270 g/mol. The average molecular weight is 286 g/mol. The number of aryl methyl sites for hydroxylation is 1. The molecule has 2 aromatic rings. The van der Waals surface area contributed by atoms with Crippen molar-refractivity contribution in [3.05, 3.63) is 64.7 Å². The molecule has 1 fully saturated rings. The highest BCUT2D eigenvalue weighted by Gasteiger charge is 2.51. The molecule has 0 spiro atoms. The molecule has 1 N–H and O–H groups in total. The van der Waals surface area contributed by atoms with Crippen molar-refractivity contribution in [1.29, 1.82) is 0 Å². The Hall–Kier alpha value is -1.80. The molecule has 1 aliphatic carbocycles. The lowest BCUT2D eigenvalue weighted by molar-refractivity contribution is -0.118. The molecule has 2 nitrogen and oxygen atoms in total. The zero-order valence-corrected chi connectivity index (χ0v) is 12.1. The van der Waals surface area contributed by atoms with Crippen LogP contribution in [0.4, 0.5) is 5.69 Å². The van der Waals surface area contributed by atoms with E-state index in [0.29, 0.717) is 5.02 Å². The van der Waals surface area contributed by atoms with Gasteiger partial charge in [-0.3, -0.25) is 4.79 Å². The lowest BCUT2D eigenvalue weighted by Gasteiger charge is -2.17. The molecule has 1 aliphatic rings. The Balaban J connectivity index is 1.86. The Morgan fingerprint density at radius 2 is 1.90 bits per heavy atom. The first kappa shape index (κ1) is 13.2. The monoisotopic (exact) mass is 285 g/mol. The molecule has 0 unspecified atom stereocenters. The highest BCUT2D eigenvalue weighted by Crippen LogP contribution is 2.49. The summed E-state index contributed by atoms with van der Waals surface area (Å²) in [4.78, 5) is 12.6. The molecule has 0 bridgehead atoms. The summed E-state index contributed by atoms with van der Waals surface area (Å²) < 4.78 is 0. The molecule has 0 aromatic heterocycles. The summed E-state index contributed by atoms with van der Waals surface area (Å²) in [6.45, 7) is 1.99. The van der Waals surface area contributed by atoms with Crippen LogP contribution in [0.2, 0.25) is 5.02 Å². The first-order chi connectivity index (χ1) is 9.62. The Bertz CT molecular complexity index is 662. The minimum atomic E-state index is -0.396. The van der Waals surface area contributed by atoms with Crippen molar-refractivity contribution in [3.8, 4) is 0 Å². The Morgan fingerprint density at radius 3 is 2.55 bits per heavy atom. The van der Waals surface area contributed by atoms with Gasteiger partial charge >= 0.3 is 0 Å². The van der Waals surface area contributed by atoms with Crippen LogP contribution in [0.5, 0.6) is 0 Å². The number of carbonyl (C=O) groups is 1. The number of para-hydroxylation sites is 1. The number of anilines is 1. The van der Waals surface area contributed by atoms with Crippen LogP contribution in [0, 0.1) is 6.92 Å². The number of amides is 1. The van der Waals surface area contributed by atoms with Gasteiger partial charge in [-0.25, -0.2) is 0 Å². The molecule has 2 aromatic carbocycles. The van der Waals surface area contributed by atoms with Gasteiger partial charge in [0.2, 0.25) is 5.91 Å². The van der Waals surface area contributed by atoms with Crippen molar-refractivity contribution in [2.24, 2.45) is 0 Å². The maximum absolute atomic E-state index is 12.6. The Morgan fingerprint density at radius 1 is 1.15 bits per heavy atom. The van der Waals surface area contributed by atoms with E-state index in [2.05, 4.69) is 5.32 Å². The summed E-state index contributed by atoms with van der Waals surface area (Å²) >= 11 is 6.04. The average Bonchev–Trinajstić information content (AvgIpc) is 3.23. The van der Waals surface area contributed by atoms with E-state index in [1.807, 2.05) is 55.5 Å². The molecule has 0 aliphatic heterocycles. The van der Waals surface area contributed by atoms with Gasteiger partial charge in [-0.1, -0.05) is 41.9 Å². The lowest BCUT2D eigenvalue weighted by Crippen LogP contribution is -2.28. The van der Waals surface area contributed by atoms with E-state index >= 15 is 0 Å². The fourth-order valence-electron chi connectivity index (χ4n) is 2.51. The number of hydrogen-bond acceptors (Lipinski definition) is 1. The first-order valence-corrected chi connectivity index (χ1v) is 7.13. The summed E-state index contributed by atoms with van der Waals surface area (Å²) in [7, 11) is 0. The smallest absolute Gasteiger partial charge is 0.235 e. The van der Waals surface area contributed by atoms with Gasteiger partial charge in [0.25, 0.3) is 0 Å². The largest absolute Gasteiger partial charge is 0.325 e. The zero-order valence-electron chi connectivity index (χ0n) is 11.3. The highest BCUT2D eigenvalue weighted by molar-refractivity contribution is 6.30. The number of nitrogens with one attached hydrogen (secondary N) is 1. The fourth-order valence-corrected chi connectivity index (χ4v) is 2.70. The van der Waals surface area contributed by atoms with Crippen LogP contribution >= 0.6 is 11.6 Å². The molecule has 1 saturated carbocycles. The summed E-state index contributed by atoms with van der Waals surface area (Å²) in [5.74, 6) is 0.0640. The lowest BCUT2D eigenvalue weighted by atomic mass is 9.95. The third-order valence-electron chi connectivity index (χ3n) is 3.96. The summed E-state index contributed by atoms with van der Waals surface area (Å²) in [6.07, 6.45) is 1.76. The van der Waals surface area contributed by atoms with Gasteiger partial charge in [-0.2, -0.15) is 0 Å². The summed E-state index contributed by atoms with van der Waals surface area (Å²) in [5.41, 5.74) is 2.57. The van der Waals surface area contributed by atoms with E-state index in [4.69, 9.17) is 11.6 Å². The van der Waals surface area contributed by atoms with Crippen LogP contribution in [-0.2, 0) is 10.2 Å². The van der Waals surface area contributed by atoms with Crippen molar-refractivity contribution >= 4 is 23.2 Å². The van der Waals surface area contributed by atoms with E-state index in [9.17, 15) is 4.79 Å². The van der Waals surface area contributed by atoms with Gasteiger partial charge in [0.05, 0.1) is 5.41 Å². The number of rotatable bonds is 3. The van der Waals surface area contributed by atoms with Crippen molar-refractivity contribution in [1.82, 2.24) is 0 Å². The van der Waals surface area contributed by atoms with Gasteiger partial charge in [-0.05, 0) is 49.1 Å².